The molecule has 0 atom stereocenters. The van der Waals surface area contributed by atoms with Gasteiger partial charge in [-0.1, -0.05) is 85.5 Å². The van der Waals surface area contributed by atoms with Gasteiger partial charge in [-0.15, -0.1) is 11.3 Å². The first-order valence-corrected chi connectivity index (χ1v) is 14.3. The summed E-state index contributed by atoms with van der Waals surface area (Å²) in [6.45, 7) is 4.76. The van der Waals surface area contributed by atoms with Gasteiger partial charge in [0.25, 0.3) is 0 Å². The number of aromatic nitrogens is 2. The minimum Gasteiger partial charge on any atom is -0.235 e. The highest BCUT2D eigenvalue weighted by Crippen LogP contribution is 2.41. The highest BCUT2D eigenvalue weighted by molar-refractivity contribution is 7.23. The molecule has 0 unspecified atom stereocenters. The van der Waals surface area contributed by atoms with Crippen LogP contribution in [-0.2, 0) is 0 Å². The summed E-state index contributed by atoms with van der Waals surface area (Å²) in [7, 11) is -1.65. The second-order valence-corrected chi connectivity index (χ2v) is 14.6. The molecule has 2 heterocycles. The van der Waals surface area contributed by atoms with Crippen molar-refractivity contribution in [3.05, 3.63) is 78.6 Å². The quantitative estimate of drug-likeness (QED) is 0.289. The standard InChI is InChI=1S/C26H24N2SSi/c1-17-23-26(29-25(17)18-10-6-5-7-11-18)24(28-16-27-23)20-14-19-12-8-9-13-21(19)22(15-20)30(2,3)4/h5-16H,1-4H3/i1D3. The summed E-state index contributed by atoms with van der Waals surface area (Å²) in [6, 6.07) is 22.6. The van der Waals surface area contributed by atoms with Crippen molar-refractivity contribution in [3.8, 4) is 21.7 Å². The van der Waals surface area contributed by atoms with Crippen molar-refractivity contribution in [2.45, 2.75) is 26.5 Å². The Kier molecular flexibility index (Phi) is 3.80. The topological polar surface area (TPSA) is 25.8 Å². The molecule has 30 heavy (non-hydrogen) atoms. The molecule has 0 fully saturated rings. The molecule has 4 heteroatoms. The molecule has 0 N–H and O–H groups in total. The van der Waals surface area contributed by atoms with E-state index in [1.165, 1.54) is 33.6 Å². The number of benzene rings is 3. The lowest BCUT2D eigenvalue weighted by atomic mass is 10.0. The Morgan fingerprint density at radius 1 is 0.867 bits per heavy atom. The van der Waals surface area contributed by atoms with Crippen LogP contribution in [0.15, 0.2) is 73.1 Å². The third-order valence-corrected chi connectivity index (χ3v) is 8.72. The minimum atomic E-state index is -2.28. The summed E-state index contributed by atoms with van der Waals surface area (Å²) in [5.74, 6) is 0. The normalized spacial score (nSPS) is 13.9. The van der Waals surface area contributed by atoms with Gasteiger partial charge in [0.05, 0.1) is 24.0 Å². The van der Waals surface area contributed by atoms with E-state index in [4.69, 9.17) is 4.11 Å². The van der Waals surface area contributed by atoms with Gasteiger partial charge in [-0.05, 0) is 34.8 Å². The van der Waals surface area contributed by atoms with Crippen LogP contribution in [0.3, 0.4) is 0 Å². The van der Waals surface area contributed by atoms with E-state index in [1.54, 1.807) is 0 Å². The van der Waals surface area contributed by atoms with Gasteiger partial charge in [-0.25, -0.2) is 9.97 Å². The number of rotatable bonds is 3. The Morgan fingerprint density at radius 3 is 2.40 bits per heavy atom. The Balaban J connectivity index is 1.84. The van der Waals surface area contributed by atoms with Gasteiger partial charge < -0.3 is 0 Å². The van der Waals surface area contributed by atoms with Crippen LogP contribution in [0.1, 0.15) is 9.68 Å². The molecule has 0 amide bonds. The van der Waals surface area contributed by atoms with E-state index >= 15 is 0 Å². The summed E-state index contributed by atoms with van der Waals surface area (Å²) in [4.78, 5) is 9.86. The molecular weight excluding hydrogens is 400 g/mol. The van der Waals surface area contributed by atoms with E-state index in [2.05, 4.69) is 66.0 Å². The van der Waals surface area contributed by atoms with Gasteiger partial charge >= 0.3 is 0 Å². The van der Waals surface area contributed by atoms with Crippen LogP contribution >= 0.6 is 11.3 Å². The third-order valence-electron chi connectivity index (χ3n) is 5.45. The van der Waals surface area contributed by atoms with Crippen molar-refractivity contribution >= 4 is 45.6 Å². The zero-order valence-electron chi connectivity index (χ0n) is 20.2. The highest BCUT2D eigenvalue weighted by Gasteiger charge is 2.22. The number of fused-ring (bicyclic) bond motifs is 2. The Hall–Kier alpha value is -2.82. The van der Waals surface area contributed by atoms with E-state index in [-0.39, 0.29) is 0 Å². The monoisotopic (exact) mass is 427 g/mol. The van der Waals surface area contributed by atoms with Crippen molar-refractivity contribution in [2.24, 2.45) is 0 Å². The van der Waals surface area contributed by atoms with Crippen LogP contribution in [0.2, 0.25) is 19.6 Å². The van der Waals surface area contributed by atoms with Crippen molar-refractivity contribution < 1.29 is 4.11 Å². The molecule has 0 saturated carbocycles. The lowest BCUT2D eigenvalue weighted by molar-refractivity contribution is 1.23. The molecule has 0 aliphatic heterocycles. The average Bonchev–Trinajstić information content (AvgIpc) is 3.18. The zero-order chi connectivity index (χ0) is 23.4. The molecule has 0 saturated heterocycles. The first-order valence-electron chi connectivity index (χ1n) is 11.5. The molecule has 0 bridgehead atoms. The summed E-state index contributed by atoms with van der Waals surface area (Å²) >= 11 is 1.47. The molecule has 0 aliphatic rings. The van der Waals surface area contributed by atoms with Crippen molar-refractivity contribution in [1.29, 1.82) is 0 Å². The van der Waals surface area contributed by atoms with E-state index in [0.29, 0.717) is 11.1 Å². The summed E-state index contributed by atoms with van der Waals surface area (Å²) in [5, 5.41) is 3.83. The fourth-order valence-electron chi connectivity index (χ4n) is 3.98. The third kappa shape index (κ3) is 3.17. The Bertz CT molecular complexity index is 1490. The van der Waals surface area contributed by atoms with Crippen LogP contribution in [0, 0.1) is 6.85 Å². The van der Waals surface area contributed by atoms with Gasteiger partial charge in [0, 0.05) is 14.6 Å². The fraction of sp³-hybridized carbons (Fsp3) is 0.154. The number of thiophene rings is 1. The molecule has 0 spiro atoms. The highest BCUT2D eigenvalue weighted by atomic mass is 32.1. The maximum Gasteiger partial charge on any atom is 0.116 e. The van der Waals surface area contributed by atoms with Crippen LogP contribution < -0.4 is 5.19 Å². The first kappa shape index (κ1) is 15.9. The fourth-order valence-corrected chi connectivity index (χ4v) is 6.78. The maximum absolute atomic E-state index is 8.25. The van der Waals surface area contributed by atoms with Crippen LogP contribution in [0.25, 0.3) is 42.7 Å². The lowest BCUT2D eigenvalue weighted by Gasteiger charge is -2.21. The van der Waals surface area contributed by atoms with Crippen LogP contribution in [0.5, 0.6) is 0 Å². The summed E-state index contributed by atoms with van der Waals surface area (Å²) < 4.78 is 25.6. The summed E-state index contributed by atoms with van der Waals surface area (Å²) in [5.41, 5.74) is 3.52. The van der Waals surface area contributed by atoms with Gasteiger partial charge in [-0.3, -0.25) is 0 Å². The van der Waals surface area contributed by atoms with Gasteiger partial charge in [0.2, 0.25) is 0 Å². The number of hydrogen-bond acceptors (Lipinski definition) is 3. The zero-order valence-corrected chi connectivity index (χ0v) is 19.0. The molecular formula is C26H24N2SSi. The second kappa shape index (κ2) is 7.15. The molecule has 3 aromatic carbocycles. The average molecular weight is 428 g/mol. The van der Waals surface area contributed by atoms with Crippen LogP contribution in [0.4, 0.5) is 0 Å². The maximum atomic E-state index is 8.25. The lowest BCUT2D eigenvalue weighted by Crippen LogP contribution is -2.38. The van der Waals surface area contributed by atoms with Gasteiger partial charge in [0.15, 0.2) is 0 Å². The van der Waals surface area contributed by atoms with E-state index in [9.17, 15) is 0 Å². The predicted octanol–water partition coefficient (Wildman–Crippen LogP) is 7.03. The number of aryl methyl sites for hydroxylation is 1. The predicted molar refractivity (Wildman–Crippen MR) is 134 cm³/mol. The molecule has 0 aliphatic carbocycles. The molecule has 2 nitrogen and oxygen atoms in total. The SMILES string of the molecule is [2H]C([2H])([2H])c1c(-c2ccccc2)sc2c(-c3cc([Si](C)(C)C)c4ccccc4c3)ncnc12. The van der Waals surface area contributed by atoms with Crippen molar-refractivity contribution in [3.63, 3.8) is 0 Å². The van der Waals surface area contributed by atoms with E-state index < -0.39 is 14.9 Å². The largest absolute Gasteiger partial charge is 0.235 e. The molecule has 2 aromatic heterocycles. The molecule has 5 rings (SSSR count). The molecule has 5 aromatic rings. The van der Waals surface area contributed by atoms with Gasteiger partial charge in [-0.2, -0.15) is 0 Å². The summed E-state index contributed by atoms with van der Waals surface area (Å²) in [6.07, 6.45) is 1.50. The molecule has 0 radical (unpaired) electrons. The van der Waals surface area contributed by atoms with E-state index in [1.807, 2.05) is 30.3 Å². The Labute approximate surface area is 186 Å². The smallest absolute Gasteiger partial charge is 0.116 e. The Morgan fingerprint density at radius 2 is 1.63 bits per heavy atom. The number of hydrogen-bond donors (Lipinski definition) is 0. The minimum absolute atomic E-state index is 0.309. The van der Waals surface area contributed by atoms with Crippen molar-refractivity contribution in [1.82, 2.24) is 9.97 Å². The second-order valence-electron chi connectivity index (χ2n) is 8.57. The van der Waals surface area contributed by atoms with Crippen molar-refractivity contribution in [2.75, 3.05) is 0 Å². The van der Waals surface area contributed by atoms with E-state index in [0.717, 1.165) is 26.4 Å². The molecule has 148 valence electrons. The first-order chi connectivity index (χ1) is 15.6. The van der Waals surface area contributed by atoms with Gasteiger partial charge in [0.1, 0.15) is 6.33 Å². The number of nitrogens with zero attached hydrogens (tertiary/aromatic N) is 2. The van der Waals surface area contributed by atoms with Crippen LogP contribution in [-0.4, -0.2) is 18.0 Å².